The highest BCUT2D eigenvalue weighted by molar-refractivity contribution is 7.22. The van der Waals surface area contributed by atoms with Gasteiger partial charge in [-0.3, -0.25) is 9.69 Å². The Morgan fingerprint density at radius 1 is 1.07 bits per heavy atom. The van der Waals surface area contributed by atoms with E-state index >= 15 is 0 Å². The maximum Gasteiger partial charge on any atom is 0.260 e. The number of para-hydroxylation sites is 1. The topological polar surface area (TPSA) is 51.7 Å². The zero-order valence-corrected chi connectivity index (χ0v) is 17.8. The monoisotopic (exact) mass is 422 g/mol. The van der Waals surface area contributed by atoms with Crippen molar-refractivity contribution in [1.29, 1.82) is 0 Å². The third kappa shape index (κ3) is 4.20. The summed E-state index contributed by atoms with van der Waals surface area (Å²) in [5.41, 5.74) is 1.56. The summed E-state index contributed by atoms with van der Waals surface area (Å²) in [7, 11) is 0. The van der Waals surface area contributed by atoms with Gasteiger partial charge in [-0.05, 0) is 74.9 Å². The van der Waals surface area contributed by atoms with Crippen LogP contribution >= 0.6 is 11.3 Å². The number of fused-ring (bicyclic) bond motifs is 1. The van der Waals surface area contributed by atoms with Crippen LogP contribution in [0.5, 0.6) is 5.75 Å². The van der Waals surface area contributed by atoms with Gasteiger partial charge in [0, 0.05) is 12.2 Å². The van der Waals surface area contributed by atoms with Crippen LogP contribution in [0.2, 0.25) is 0 Å². The van der Waals surface area contributed by atoms with Crippen molar-refractivity contribution in [2.24, 2.45) is 0 Å². The molecule has 1 saturated carbocycles. The van der Waals surface area contributed by atoms with Crippen molar-refractivity contribution >= 4 is 32.6 Å². The predicted octanol–water partition coefficient (Wildman–Crippen LogP) is 5.44. The van der Waals surface area contributed by atoms with E-state index in [1.165, 1.54) is 12.8 Å². The molecule has 6 heteroatoms. The third-order valence-electron chi connectivity index (χ3n) is 5.88. The van der Waals surface area contributed by atoms with Gasteiger partial charge >= 0.3 is 0 Å². The molecule has 5 nitrogen and oxygen atoms in total. The Labute approximate surface area is 180 Å². The van der Waals surface area contributed by atoms with Crippen molar-refractivity contribution in [2.75, 3.05) is 18.1 Å². The summed E-state index contributed by atoms with van der Waals surface area (Å²) in [6.07, 6.45) is 7.10. The van der Waals surface area contributed by atoms with Gasteiger partial charge in [0.15, 0.2) is 5.13 Å². The van der Waals surface area contributed by atoms with Crippen molar-refractivity contribution in [1.82, 2.24) is 4.98 Å². The summed E-state index contributed by atoms with van der Waals surface area (Å²) >= 11 is 1.55. The molecule has 2 aliphatic rings. The van der Waals surface area contributed by atoms with E-state index in [9.17, 15) is 4.79 Å². The lowest BCUT2D eigenvalue weighted by Crippen LogP contribution is -2.37. The summed E-state index contributed by atoms with van der Waals surface area (Å²) in [6.45, 7) is 1.29. The van der Waals surface area contributed by atoms with Crippen LogP contribution in [0.15, 0.2) is 48.5 Å². The van der Waals surface area contributed by atoms with E-state index in [0.717, 1.165) is 53.4 Å². The van der Waals surface area contributed by atoms with Crippen LogP contribution in [-0.2, 0) is 4.74 Å². The molecule has 0 radical (unpaired) electrons. The van der Waals surface area contributed by atoms with Gasteiger partial charge in [-0.25, -0.2) is 4.98 Å². The summed E-state index contributed by atoms with van der Waals surface area (Å²) in [5.74, 6) is 0.793. The Balaban J connectivity index is 1.38. The van der Waals surface area contributed by atoms with E-state index in [0.29, 0.717) is 18.2 Å². The van der Waals surface area contributed by atoms with Crippen LogP contribution in [0.1, 0.15) is 48.9 Å². The van der Waals surface area contributed by atoms with E-state index < -0.39 is 0 Å². The molecule has 3 aromatic rings. The van der Waals surface area contributed by atoms with Gasteiger partial charge in [0.2, 0.25) is 0 Å². The number of hydrogen-bond acceptors (Lipinski definition) is 5. The molecule has 1 atom stereocenters. The van der Waals surface area contributed by atoms with Crippen LogP contribution in [0, 0.1) is 0 Å². The highest BCUT2D eigenvalue weighted by atomic mass is 32.1. The predicted molar refractivity (Wildman–Crippen MR) is 120 cm³/mol. The fourth-order valence-electron chi connectivity index (χ4n) is 4.25. The molecule has 1 aromatic heterocycles. The molecule has 1 amide bonds. The third-order valence-corrected chi connectivity index (χ3v) is 6.93. The van der Waals surface area contributed by atoms with E-state index in [1.807, 2.05) is 48.5 Å². The second-order valence-corrected chi connectivity index (χ2v) is 9.07. The van der Waals surface area contributed by atoms with Gasteiger partial charge in [-0.15, -0.1) is 0 Å². The molecule has 0 spiro atoms. The normalized spacial score (nSPS) is 19.4. The highest BCUT2D eigenvalue weighted by Gasteiger charge is 2.27. The number of anilines is 1. The van der Waals surface area contributed by atoms with Crippen LogP contribution < -0.4 is 9.64 Å². The van der Waals surface area contributed by atoms with Gasteiger partial charge in [-0.2, -0.15) is 0 Å². The quantitative estimate of drug-likeness (QED) is 0.530. The maximum atomic E-state index is 13.5. The first kappa shape index (κ1) is 19.5. The summed E-state index contributed by atoms with van der Waals surface area (Å²) in [6, 6.07) is 15.5. The van der Waals surface area contributed by atoms with Crippen molar-refractivity contribution < 1.29 is 14.3 Å². The Bertz CT molecular complexity index is 972. The molecule has 156 valence electrons. The summed E-state index contributed by atoms with van der Waals surface area (Å²) in [4.78, 5) is 20.0. The largest absolute Gasteiger partial charge is 0.490 e. The Kier molecular flexibility index (Phi) is 5.69. The molecule has 1 unspecified atom stereocenters. The molecular weight excluding hydrogens is 396 g/mol. The fourth-order valence-corrected chi connectivity index (χ4v) is 5.22. The Hall–Kier alpha value is -2.44. The van der Waals surface area contributed by atoms with Crippen LogP contribution in [0.4, 0.5) is 5.13 Å². The molecule has 30 heavy (non-hydrogen) atoms. The number of carbonyl (C=O) groups excluding carboxylic acids is 1. The van der Waals surface area contributed by atoms with Crippen LogP contribution in [0.25, 0.3) is 10.2 Å². The minimum Gasteiger partial charge on any atom is -0.490 e. The lowest BCUT2D eigenvalue weighted by atomic mass is 10.1. The highest BCUT2D eigenvalue weighted by Crippen LogP contribution is 2.31. The molecule has 2 fully saturated rings. The first-order valence-corrected chi connectivity index (χ1v) is 11.6. The Morgan fingerprint density at radius 2 is 1.87 bits per heavy atom. The maximum absolute atomic E-state index is 13.5. The number of benzene rings is 2. The number of amides is 1. The number of carbonyl (C=O) groups is 1. The summed E-state index contributed by atoms with van der Waals surface area (Å²) in [5, 5.41) is 0.725. The van der Waals surface area contributed by atoms with E-state index in [1.54, 1.807) is 16.2 Å². The second kappa shape index (κ2) is 8.74. The molecule has 1 aliphatic heterocycles. The SMILES string of the molecule is O=C(c1ccc(OC2CCCC2)cc1)N(CC1CCCO1)c1nc2ccccc2s1. The average Bonchev–Trinajstić information content (AvgIpc) is 3.53. The zero-order chi connectivity index (χ0) is 20.3. The van der Waals surface area contributed by atoms with E-state index in [4.69, 9.17) is 14.5 Å². The molecular formula is C24H26N2O3S. The Morgan fingerprint density at radius 3 is 2.60 bits per heavy atom. The number of aromatic nitrogens is 1. The van der Waals surface area contributed by atoms with Crippen molar-refractivity contribution in [3.8, 4) is 5.75 Å². The van der Waals surface area contributed by atoms with Gasteiger partial charge < -0.3 is 9.47 Å². The van der Waals surface area contributed by atoms with Gasteiger partial charge in [0.05, 0.1) is 29.0 Å². The molecule has 2 aromatic carbocycles. The minimum atomic E-state index is -0.0445. The molecule has 0 N–H and O–H groups in total. The standard InChI is InChI=1S/C24H26N2O3S/c27-23(17-11-13-19(14-12-17)29-18-6-1-2-7-18)26(16-20-8-5-15-28-20)24-25-21-9-3-4-10-22(21)30-24/h3-4,9-14,18,20H,1-2,5-8,15-16H2. The minimum absolute atomic E-state index is 0.0445. The first-order valence-electron chi connectivity index (χ1n) is 10.8. The van der Waals surface area contributed by atoms with Crippen LogP contribution in [0.3, 0.4) is 0 Å². The molecule has 0 bridgehead atoms. The number of nitrogens with zero attached hydrogens (tertiary/aromatic N) is 2. The molecule has 2 heterocycles. The summed E-state index contributed by atoms with van der Waals surface area (Å²) < 4.78 is 13.0. The average molecular weight is 423 g/mol. The molecule has 5 rings (SSSR count). The molecule has 1 aliphatic carbocycles. The van der Waals surface area contributed by atoms with E-state index in [-0.39, 0.29) is 12.0 Å². The molecule has 1 saturated heterocycles. The lowest BCUT2D eigenvalue weighted by Gasteiger charge is -2.23. The van der Waals surface area contributed by atoms with Crippen molar-refractivity contribution in [3.05, 3.63) is 54.1 Å². The number of hydrogen-bond donors (Lipinski definition) is 0. The lowest BCUT2D eigenvalue weighted by molar-refractivity contribution is 0.0917. The van der Waals surface area contributed by atoms with Gasteiger partial charge in [-0.1, -0.05) is 23.5 Å². The van der Waals surface area contributed by atoms with Crippen molar-refractivity contribution in [3.63, 3.8) is 0 Å². The first-order chi connectivity index (χ1) is 14.8. The fraction of sp³-hybridized carbons (Fsp3) is 0.417. The van der Waals surface area contributed by atoms with E-state index in [2.05, 4.69) is 0 Å². The smallest absolute Gasteiger partial charge is 0.260 e. The number of thiazole rings is 1. The number of ether oxygens (including phenoxy) is 2. The number of rotatable bonds is 6. The van der Waals surface area contributed by atoms with Gasteiger partial charge in [0.1, 0.15) is 5.75 Å². The van der Waals surface area contributed by atoms with Crippen molar-refractivity contribution in [2.45, 2.75) is 50.7 Å². The van der Waals surface area contributed by atoms with Crippen LogP contribution in [-0.4, -0.2) is 36.3 Å². The second-order valence-electron chi connectivity index (χ2n) is 8.06. The zero-order valence-electron chi connectivity index (χ0n) is 17.0. The van der Waals surface area contributed by atoms with Gasteiger partial charge in [0.25, 0.3) is 5.91 Å².